The first-order valence-corrected chi connectivity index (χ1v) is 13.2. The molecule has 1 heterocycles. The molecular formula is C26H38N4O2S. The van der Waals surface area contributed by atoms with Crippen LogP contribution in [0, 0.1) is 0 Å². The van der Waals surface area contributed by atoms with Crippen molar-refractivity contribution < 1.29 is 8.42 Å². The number of nitrogens with two attached hydrogens (primary N) is 1. The molecule has 3 aromatic rings. The molecule has 0 aliphatic heterocycles. The molecule has 0 aliphatic carbocycles. The van der Waals surface area contributed by atoms with Crippen molar-refractivity contribution in [1.82, 2.24) is 10.3 Å². The number of anilines is 2. The number of sulfone groups is 1. The van der Waals surface area contributed by atoms with Gasteiger partial charge in [0.2, 0.25) is 0 Å². The van der Waals surface area contributed by atoms with E-state index in [0.29, 0.717) is 16.6 Å². The summed E-state index contributed by atoms with van der Waals surface area (Å²) in [6.07, 6.45) is 3.86. The summed E-state index contributed by atoms with van der Waals surface area (Å²) in [6, 6.07) is 22.9. The molecule has 1 atom stereocenters. The predicted octanol–water partition coefficient (Wildman–Crippen LogP) is 4.98. The van der Waals surface area contributed by atoms with Crippen molar-refractivity contribution in [2.75, 3.05) is 36.9 Å². The third-order valence-electron chi connectivity index (χ3n) is 4.68. The molecule has 0 bridgehead atoms. The van der Waals surface area contributed by atoms with E-state index in [4.69, 9.17) is 5.73 Å². The van der Waals surface area contributed by atoms with Crippen LogP contribution in [0.5, 0.6) is 0 Å². The third kappa shape index (κ3) is 11.5. The minimum atomic E-state index is -3.13. The molecule has 2 aromatic carbocycles. The van der Waals surface area contributed by atoms with Crippen LogP contribution in [0.1, 0.15) is 38.7 Å². The standard InChI is InChI=1S/C18H26N4O2S.C6H6.C2H6/c1-14(15-6-8-16(9-7-15)25(2,23)24)13-20-10-4-12-21-17-5-3-11-22-18(17)19;1-2-4-6-5-3-1;1-2/h3,5-9,11,14,20-21H,4,10,12-13H2,1-2H3,(H2,19,22);1-6H;1-2H3. The van der Waals surface area contributed by atoms with E-state index in [9.17, 15) is 8.42 Å². The van der Waals surface area contributed by atoms with E-state index < -0.39 is 9.84 Å². The van der Waals surface area contributed by atoms with Crippen molar-refractivity contribution in [2.24, 2.45) is 0 Å². The summed E-state index contributed by atoms with van der Waals surface area (Å²) >= 11 is 0. The molecule has 0 saturated heterocycles. The molecule has 6 nitrogen and oxygen atoms in total. The van der Waals surface area contributed by atoms with Gasteiger partial charge < -0.3 is 16.4 Å². The van der Waals surface area contributed by atoms with Crippen molar-refractivity contribution in [1.29, 1.82) is 0 Å². The maximum atomic E-state index is 11.5. The van der Waals surface area contributed by atoms with Crippen LogP contribution in [0.15, 0.2) is 83.9 Å². The lowest BCUT2D eigenvalue weighted by atomic mass is 10.0. The maximum absolute atomic E-state index is 11.5. The monoisotopic (exact) mass is 470 g/mol. The Morgan fingerprint density at radius 1 is 0.909 bits per heavy atom. The fourth-order valence-electron chi connectivity index (χ4n) is 2.87. The van der Waals surface area contributed by atoms with E-state index in [1.54, 1.807) is 18.3 Å². The van der Waals surface area contributed by atoms with Gasteiger partial charge >= 0.3 is 0 Å². The molecule has 0 fully saturated rings. The Morgan fingerprint density at radius 2 is 1.48 bits per heavy atom. The molecule has 180 valence electrons. The van der Waals surface area contributed by atoms with E-state index in [1.807, 2.05) is 74.5 Å². The molecule has 0 aliphatic rings. The Hall–Kier alpha value is -2.90. The van der Waals surface area contributed by atoms with Gasteiger partial charge in [0.1, 0.15) is 5.82 Å². The SMILES string of the molecule is CC.CC(CNCCCNc1cccnc1N)c1ccc(S(C)(=O)=O)cc1.c1ccccc1. The summed E-state index contributed by atoms with van der Waals surface area (Å²) in [4.78, 5) is 4.39. The van der Waals surface area contributed by atoms with Gasteiger partial charge in [0, 0.05) is 25.5 Å². The second kappa shape index (κ2) is 15.8. The highest BCUT2D eigenvalue weighted by Crippen LogP contribution is 2.17. The van der Waals surface area contributed by atoms with Crippen molar-refractivity contribution in [3.63, 3.8) is 0 Å². The Labute approximate surface area is 199 Å². The van der Waals surface area contributed by atoms with Crippen LogP contribution in [-0.4, -0.2) is 39.3 Å². The maximum Gasteiger partial charge on any atom is 0.175 e. The number of hydrogen-bond donors (Lipinski definition) is 3. The minimum absolute atomic E-state index is 0.315. The highest BCUT2D eigenvalue weighted by atomic mass is 32.2. The van der Waals surface area contributed by atoms with Crippen LogP contribution >= 0.6 is 0 Å². The first-order chi connectivity index (χ1) is 15.9. The molecule has 0 spiro atoms. The van der Waals surface area contributed by atoms with E-state index >= 15 is 0 Å². The summed E-state index contributed by atoms with van der Waals surface area (Å²) in [5.41, 5.74) is 7.77. The Balaban J connectivity index is 0.000000578. The van der Waals surface area contributed by atoms with Crippen molar-refractivity contribution >= 4 is 21.3 Å². The number of pyridine rings is 1. The van der Waals surface area contributed by atoms with Gasteiger partial charge in [0.05, 0.1) is 10.6 Å². The number of hydrogen-bond acceptors (Lipinski definition) is 6. The Bertz CT molecular complexity index is 968. The second-order valence-corrected chi connectivity index (χ2v) is 9.33. The lowest BCUT2D eigenvalue weighted by Gasteiger charge is -2.14. The van der Waals surface area contributed by atoms with Crippen LogP contribution in [0.25, 0.3) is 0 Å². The number of nitrogens with zero attached hydrogens (tertiary/aromatic N) is 1. The van der Waals surface area contributed by atoms with E-state index in [2.05, 4.69) is 22.5 Å². The van der Waals surface area contributed by atoms with E-state index in [-0.39, 0.29) is 0 Å². The summed E-state index contributed by atoms with van der Waals surface area (Å²) in [7, 11) is -3.13. The van der Waals surface area contributed by atoms with Crippen molar-refractivity contribution in [3.05, 3.63) is 84.6 Å². The quantitative estimate of drug-likeness (QED) is 0.382. The van der Waals surface area contributed by atoms with Crippen molar-refractivity contribution in [3.8, 4) is 0 Å². The molecule has 1 unspecified atom stereocenters. The van der Waals surface area contributed by atoms with Crippen LogP contribution in [-0.2, 0) is 9.84 Å². The van der Waals surface area contributed by atoms with Crippen molar-refractivity contribution in [2.45, 2.75) is 38.0 Å². The lowest BCUT2D eigenvalue weighted by molar-refractivity contribution is 0.599. The lowest BCUT2D eigenvalue weighted by Crippen LogP contribution is -2.23. The number of aromatic nitrogens is 1. The second-order valence-electron chi connectivity index (χ2n) is 7.32. The average molecular weight is 471 g/mol. The fourth-order valence-corrected chi connectivity index (χ4v) is 3.50. The largest absolute Gasteiger partial charge is 0.382 e. The molecule has 1 aromatic heterocycles. The number of rotatable bonds is 9. The van der Waals surface area contributed by atoms with Gasteiger partial charge in [-0.1, -0.05) is 69.3 Å². The zero-order valence-electron chi connectivity index (χ0n) is 20.2. The smallest absolute Gasteiger partial charge is 0.175 e. The highest BCUT2D eigenvalue weighted by Gasteiger charge is 2.09. The molecular weight excluding hydrogens is 432 g/mol. The summed E-state index contributed by atoms with van der Waals surface area (Å²) in [6.45, 7) is 8.67. The normalized spacial score (nSPS) is 11.3. The molecule has 33 heavy (non-hydrogen) atoms. The molecule has 0 saturated carbocycles. The van der Waals surface area contributed by atoms with E-state index in [1.165, 1.54) is 6.26 Å². The topological polar surface area (TPSA) is 97.1 Å². The molecule has 7 heteroatoms. The number of nitrogen functional groups attached to an aromatic ring is 1. The summed E-state index contributed by atoms with van der Waals surface area (Å²) in [5.74, 6) is 0.831. The molecule has 4 N–H and O–H groups in total. The first-order valence-electron chi connectivity index (χ1n) is 11.3. The molecule has 0 amide bonds. The van der Waals surface area contributed by atoms with Crippen LogP contribution in [0.4, 0.5) is 11.5 Å². The third-order valence-corrected chi connectivity index (χ3v) is 5.81. The van der Waals surface area contributed by atoms with Gasteiger partial charge in [-0.25, -0.2) is 13.4 Å². The van der Waals surface area contributed by atoms with Crippen LogP contribution in [0.2, 0.25) is 0 Å². The zero-order valence-corrected chi connectivity index (χ0v) is 21.0. The van der Waals surface area contributed by atoms with Gasteiger partial charge in [-0.15, -0.1) is 0 Å². The van der Waals surface area contributed by atoms with Gasteiger partial charge in [0.25, 0.3) is 0 Å². The predicted molar refractivity (Wildman–Crippen MR) is 140 cm³/mol. The average Bonchev–Trinajstić information content (AvgIpc) is 2.84. The van der Waals surface area contributed by atoms with Gasteiger partial charge in [-0.3, -0.25) is 0 Å². The molecule has 3 rings (SSSR count). The summed E-state index contributed by atoms with van der Waals surface area (Å²) < 4.78 is 23.0. The van der Waals surface area contributed by atoms with Crippen LogP contribution in [0.3, 0.4) is 0 Å². The summed E-state index contributed by atoms with van der Waals surface area (Å²) in [5, 5.41) is 6.69. The zero-order chi connectivity index (χ0) is 24.5. The Kier molecular flexibility index (Phi) is 13.5. The molecule has 0 radical (unpaired) electrons. The highest BCUT2D eigenvalue weighted by molar-refractivity contribution is 7.90. The van der Waals surface area contributed by atoms with Gasteiger partial charge in [0.15, 0.2) is 9.84 Å². The number of nitrogens with one attached hydrogen (secondary N) is 2. The van der Waals surface area contributed by atoms with Crippen LogP contribution < -0.4 is 16.4 Å². The fraction of sp³-hybridized carbons (Fsp3) is 0.346. The van der Waals surface area contributed by atoms with Gasteiger partial charge in [-0.2, -0.15) is 0 Å². The van der Waals surface area contributed by atoms with Gasteiger partial charge in [-0.05, 0) is 48.7 Å². The first kappa shape index (κ1) is 28.1. The van der Waals surface area contributed by atoms with E-state index in [0.717, 1.165) is 37.3 Å². The number of benzene rings is 2. The Morgan fingerprint density at radius 3 is 2.00 bits per heavy atom. The minimum Gasteiger partial charge on any atom is -0.382 e.